The number of amides is 3. The van der Waals surface area contributed by atoms with Crippen molar-refractivity contribution in [3.8, 4) is 0 Å². The van der Waals surface area contributed by atoms with Gasteiger partial charge in [-0.05, 0) is 45.9 Å². The topological polar surface area (TPSA) is 78.5 Å². The van der Waals surface area contributed by atoms with Crippen molar-refractivity contribution in [3.63, 3.8) is 0 Å². The van der Waals surface area contributed by atoms with Crippen LogP contribution in [0.4, 0.5) is 5.69 Å². The van der Waals surface area contributed by atoms with E-state index in [0.717, 1.165) is 0 Å². The maximum Gasteiger partial charge on any atom is 0.250 e. The van der Waals surface area contributed by atoms with E-state index in [1.54, 1.807) is 18.2 Å². The molecule has 2 N–H and O–H groups in total. The van der Waals surface area contributed by atoms with Crippen molar-refractivity contribution in [2.45, 2.75) is 44.8 Å². The smallest absolute Gasteiger partial charge is 0.250 e. The molecule has 2 fully saturated rings. The minimum atomic E-state index is -1.25. The van der Waals surface area contributed by atoms with E-state index in [4.69, 9.17) is 11.6 Å². The van der Waals surface area contributed by atoms with Crippen LogP contribution in [0.5, 0.6) is 0 Å². The van der Waals surface area contributed by atoms with Gasteiger partial charge in [-0.2, -0.15) is 0 Å². The van der Waals surface area contributed by atoms with Crippen LogP contribution in [0.15, 0.2) is 18.2 Å². The molecule has 0 radical (unpaired) electrons. The molecular weight excluding hydrogens is 342 g/mol. The van der Waals surface area contributed by atoms with Crippen LogP contribution < -0.4 is 10.6 Å². The maximum absolute atomic E-state index is 13.2. The lowest BCUT2D eigenvalue weighted by Crippen LogP contribution is -2.55. The number of rotatable bonds is 0. The minimum absolute atomic E-state index is 0.220. The Morgan fingerprint density at radius 3 is 2.48 bits per heavy atom. The summed E-state index contributed by atoms with van der Waals surface area (Å²) < 4.78 is 0. The molecule has 3 amide bonds. The summed E-state index contributed by atoms with van der Waals surface area (Å²) in [4.78, 5) is 40.5. The summed E-state index contributed by atoms with van der Waals surface area (Å²) in [6.45, 7) is 7.33. The van der Waals surface area contributed by atoms with Gasteiger partial charge in [0.15, 0.2) is 0 Å². The predicted octanol–water partition coefficient (Wildman–Crippen LogP) is 1.88. The first-order valence-corrected chi connectivity index (χ1v) is 8.74. The number of hydrogen-bond acceptors (Lipinski definition) is 4. The summed E-state index contributed by atoms with van der Waals surface area (Å²) >= 11 is 6.15. The Bertz CT molecular complexity index is 831. The molecule has 1 spiro atoms. The van der Waals surface area contributed by atoms with Crippen molar-refractivity contribution in [2.24, 2.45) is 11.8 Å². The van der Waals surface area contributed by atoms with Gasteiger partial charge in [-0.3, -0.25) is 24.6 Å². The number of fused-ring (bicyclic) bond motifs is 4. The van der Waals surface area contributed by atoms with Crippen molar-refractivity contribution in [2.75, 3.05) is 5.32 Å². The molecule has 4 atom stereocenters. The largest absolute Gasteiger partial charge is 0.324 e. The molecule has 3 aliphatic heterocycles. The fraction of sp³-hybridized carbons (Fsp3) is 0.500. The summed E-state index contributed by atoms with van der Waals surface area (Å²) in [5.74, 6) is -2.16. The number of benzene rings is 1. The Morgan fingerprint density at radius 2 is 1.84 bits per heavy atom. The molecule has 3 heterocycles. The molecule has 0 saturated carbocycles. The molecule has 4 rings (SSSR count). The van der Waals surface area contributed by atoms with Gasteiger partial charge in [-0.25, -0.2) is 0 Å². The highest BCUT2D eigenvalue weighted by atomic mass is 35.5. The lowest BCUT2D eigenvalue weighted by molar-refractivity contribution is -0.147. The third-order valence-electron chi connectivity index (χ3n) is 5.50. The lowest BCUT2D eigenvalue weighted by Gasteiger charge is -2.34. The Balaban J connectivity index is 1.92. The first kappa shape index (κ1) is 16.5. The van der Waals surface area contributed by atoms with E-state index in [-0.39, 0.29) is 23.8 Å². The van der Waals surface area contributed by atoms with E-state index in [1.165, 1.54) is 4.90 Å². The number of halogens is 1. The average Bonchev–Trinajstić information content (AvgIpc) is 3.04. The zero-order chi connectivity index (χ0) is 18.3. The summed E-state index contributed by atoms with van der Waals surface area (Å²) in [5.41, 5.74) is -0.617. The Morgan fingerprint density at radius 1 is 1.16 bits per heavy atom. The normalized spacial score (nSPS) is 33.9. The van der Waals surface area contributed by atoms with Crippen LogP contribution in [0, 0.1) is 11.8 Å². The van der Waals surface area contributed by atoms with Crippen molar-refractivity contribution < 1.29 is 14.4 Å². The van der Waals surface area contributed by atoms with Gasteiger partial charge in [0.25, 0.3) is 0 Å². The molecular formula is C18H20ClN3O3. The molecule has 7 heteroatoms. The standard InChI is InChI=1S/C18H20ClN3O3/c1-8-12-13(15(24)22(14(12)23)17(2,3)4)18(21-8)10-7-9(19)5-6-11(10)20-16(18)25/h5-8,12-13,21H,1-4H3,(H,20,25)/t8-,12-,13+,18-/m1/s1. The van der Waals surface area contributed by atoms with Crippen LogP contribution in [0.25, 0.3) is 0 Å². The van der Waals surface area contributed by atoms with E-state index < -0.39 is 22.9 Å². The van der Waals surface area contributed by atoms with Crippen LogP contribution in [-0.4, -0.2) is 34.2 Å². The number of imide groups is 1. The van der Waals surface area contributed by atoms with Gasteiger partial charge < -0.3 is 5.32 Å². The molecule has 6 nitrogen and oxygen atoms in total. The third-order valence-corrected chi connectivity index (χ3v) is 5.73. The van der Waals surface area contributed by atoms with Gasteiger partial charge in [0, 0.05) is 27.9 Å². The predicted molar refractivity (Wildman–Crippen MR) is 92.9 cm³/mol. The second-order valence-electron chi connectivity index (χ2n) is 8.07. The highest BCUT2D eigenvalue weighted by molar-refractivity contribution is 6.31. The van der Waals surface area contributed by atoms with E-state index in [9.17, 15) is 14.4 Å². The molecule has 2 saturated heterocycles. The van der Waals surface area contributed by atoms with E-state index in [2.05, 4.69) is 10.6 Å². The van der Waals surface area contributed by atoms with Crippen molar-refractivity contribution in [1.82, 2.24) is 10.2 Å². The summed E-state index contributed by atoms with van der Waals surface area (Å²) in [7, 11) is 0. The molecule has 1 aromatic rings. The van der Waals surface area contributed by atoms with Crippen LogP contribution >= 0.6 is 11.6 Å². The van der Waals surface area contributed by atoms with Crippen LogP contribution in [0.3, 0.4) is 0 Å². The van der Waals surface area contributed by atoms with Gasteiger partial charge >= 0.3 is 0 Å². The first-order chi connectivity index (χ1) is 11.6. The molecule has 0 aromatic heterocycles. The Hall–Kier alpha value is -1.92. The number of likely N-dealkylation sites (tertiary alicyclic amines) is 1. The number of anilines is 1. The fourth-order valence-corrected chi connectivity index (χ4v) is 4.77. The van der Waals surface area contributed by atoms with E-state index >= 15 is 0 Å². The highest BCUT2D eigenvalue weighted by Gasteiger charge is 2.70. The number of hydrogen-bond donors (Lipinski definition) is 2. The van der Waals surface area contributed by atoms with Crippen molar-refractivity contribution in [3.05, 3.63) is 28.8 Å². The van der Waals surface area contributed by atoms with Gasteiger partial charge in [-0.15, -0.1) is 0 Å². The van der Waals surface area contributed by atoms with Crippen molar-refractivity contribution >= 4 is 35.0 Å². The molecule has 0 bridgehead atoms. The molecule has 3 aliphatic rings. The van der Waals surface area contributed by atoms with Gasteiger partial charge in [-0.1, -0.05) is 11.6 Å². The van der Waals surface area contributed by atoms with Crippen LogP contribution in [0.2, 0.25) is 5.02 Å². The number of carbonyl (C=O) groups is 3. The second kappa shape index (κ2) is 4.83. The fourth-order valence-electron chi connectivity index (χ4n) is 4.60. The monoisotopic (exact) mass is 361 g/mol. The van der Waals surface area contributed by atoms with Crippen LogP contribution in [-0.2, 0) is 19.9 Å². The summed E-state index contributed by atoms with van der Waals surface area (Å²) in [6, 6.07) is 4.82. The second-order valence-corrected chi connectivity index (χ2v) is 8.51. The lowest BCUT2D eigenvalue weighted by atomic mass is 9.76. The molecule has 25 heavy (non-hydrogen) atoms. The molecule has 1 aromatic carbocycles. The highest BCUT2D eigenvalue weighted by Crippen LogP contribution is 2.53. The SMILES string of the molecule is C[C@H]1N[C@@]2(C(=O)Nc3ccc(Cl)cc32)[C@@H]2C(=O)N(C(C)(C)C)C(=O)[C@@H]21. The minimum Gasteiger partial charge on any atom is -0.324 e. The number of carbonyl (C=O) groups excluding carboxylic acids is 3. The van der Waals surface area contributed by atoms with Crippen LogP contribution in [0.1, 0.15) is 33.3 Å². The van der Waals surface area contributed by atoms with Gasteiger partial charge in [0.2, 0.25) is 17.7 Å². The average molecular weight is 362 g/mol. The summed E-state index contributed by atoms with van der Waals surface area (Å²) in [6.07, 6.45) is 0. The van der Waals surface area contributed by atoms with E-state index in [1.807, 2.05) is 27.7 Å². The number of nitrogens with zero attached hydrogens (tertiary/aromatic N) is 1. The Kier molecular flexibility index (Phi) is 3.19. The quantitative estimate of drug-likeness (QED) is 0.691. The van der Waals surface area contributed by atoms with Gasteiger partial charge in [0.1, 0.15) is 5.54 Å². The van der Waals surface area contributed by atoms with Gasteiger partial charge in [0.05, 0.1) is 11.8 Å². The first-order valence-electron chi connectivity index (χ1n) is 8.36. The molecule has 0 aliphatic carbocycles. The summed E-state index contributed by atoms with van der Waals surface area (Å²) in [5, 5.41) is 6.58. The zero-order valence-electron chi connectivity index (χ0n) is 14.5. The number of nitrogens with one attached hydrogen (secondary N) is 2. The molecule has 0 unspecified atom stereocenters. The third kappa shape index (κ3) is 1.92. The maximum atomic E-state index is 13.2. The zero-order valence-corrected chi connectivity index (χ0v) is 15.3. The molecule has 132 valence electrons. The van der Waals surface area contributed by atoms with E-state index in [0.29, 0.717) is 16.3 Å². The van der Waals surface area contributed by atoms with Crippen molar-refractivity contribution in [1.29, 1.82) is 0 Å². The Labute approximate surface area is 150 Å².